The zero-order valence-corrected chi connectivity index (χ0v) is 40.4. The zero-order chi connectivity index (χ0) is 39.0. The summed E-state index contributed by atoms with van der Waals surface area (Å²) in [6.45, 7) is 13.1. The molecule has 0 spiro atoms. The summed E-state index contributed by atoms with van der Waals surface area (Å²) in [6.07, 6.45) is 18.0. The summed E-state index contributed by atoms with van der Waals surface area (Å²) in [7, 11) is 0. The summed E-state index contributed by atoms with van der Waals surface area (Å²) in [5, 5.41) is 5.32. The van der Waals surface area contributed by atoms with Gasteiger partial charge in [-0.2, -0.15) is 58.3 Å². The van der Waals surface area contributed by atoms with Crippen LogP contribution in [0.3, 0.4) is 0 Å². The minimum absolute atomic E-state index is 0. The first-order valence-electron chi connectivity index (χ1n) is 19.3. The quantitative estimate of drug-likeness (QED) is 0.147. The van der Waals surface area contributed by atoms with Gasteiger partial charge >= 0.3 is 141 Å². The fourth-order valence-corrected chi connectivity index (χ4v) is 6.82. The molecule has 6 aromatic rings. The van der Waals surface area contributed by atoms with Crippen LogP contribution in [0.15, 0.2) is 180 Å². The number of fused-ring (bicyclic) bond motifs is 2. The minimum atomic E-state index is 0. The predicted octanol–water partition coefficient (Wildman–Crippen LogP) is 8.41. The number of rotatable bonds is 6. The van der Waals surface area contributed by atoms with Crippen molar-refractivity contribution in [2.45, 2.75) is 80.1 Å². The molecule has 288 valence electrons. The van der Waals surface area contributed by atoms with Crippen LogP contribution < -0.4 is 24.8 Å². The van der Waals surface area contributed by atoms with Crippen molar-refractivity contribution >= 4 is 28.0 Å². The van der Waals surface area contributed by atoms with Crippen molar-refractivity contribution in [1.29, 1.82) is 0 Å². The molecule has 8 rings (SSSR count). The summed E-state index contributed by atoms with van der Waals surface area (Å²) >= 11 is 3.01. The maximum absolute atomic E-state index is 3.33. The van der Waals surface area contributed by atoms with E-state index in [2.05, 4.69) is 199 Å². The molecule has 0 aliphatic heterocycles. The van der Waals surface area contributed by atoms with Gasteiger partial charge in [-0.15, -0.1) is 72.1 Å². The molecule has 0 N–H and O–H groups in total. The van der Waals surface area contributed by atoms with Crippen molar-refractivity contribution in [1.82, 2.24) is 0 Å². The van der Waals surface area contributed by atoms with Gasteiger partial charge in [0.1, 0.15) is 0 Å². The van der Waals surface area contributed by atoms with Crippen LogP contribution in [0.4, 0.5) is 0 Å². The Hall–Kier alpha value is -2.85. The molecule has 0 saturated heterocycles. The fraction of sp³-hybridized carbons (Fsp3) is 0.231. The van der Waals surface area contributed by atoms with Crippen LogP contribution in [0.25, 0.3) is 21.5 Å². The van der Waals surface area contributed by atoms with Gasteiger partial charge in [0, 0.05) is 0 Å². The maximum Gasteiger partial charge on any atom is -0.0809 e. The molecule has 0 amide bonds. The van der Waals surface area contributed by atoms with Crippen LogP contribution in [0.2, 0.25) is 0 Å². The number of allylic oxidation sites excluding steroid dienone is 8. The molecule has 0 nitrogen and oxygen atoms in total. The Kier molecular flexibility index (Phi) is 27.6. The van der Waals surface area contributed by atoms with E-state index in [1.807, 2.05) is 12.1 Å². The predicted molar refractivity (Wildman–Crippen MR) is 232 cm³/mol. The van der Waals surface area contributed by atoms with Gasteiger partial charge < -0.3 is 24.8 Å². The van der Waals surface area contributed by atoms with Crippen molar-refractivity contribution in [3.05, 3.63) is 203 Å². The molecule has 0 unspecified atom stereocenters. The van der Waals surface area contributed by atoms with Crippen LogP contribution in [-0.2, 0) is 48.5 Å². The Labute approximate surface area is 381 Å². The van der Waals surface area contributed by atoms with Crippen LogP contribution in [0, 0.1) is 12.2 Å². The summed E-state index contributed by atoms with van der Waals surface area (Å²) in [6, 6.07) is 50.3. The Morgan fingerprint density at radius 1 is 0.482 bits per heavy atom. The third-order valence-corrected chi connectivity index (χ3v) is 10.5. The molecule has 0 aromatic heterocycles. The maximum atomic E-state index is 3.33. The van der Waals surface area contributed by atoms with E-state index < -0.39 is 0 Å². The summed E-state index contributed by atoms with van der Waals surface area (Å²) < 4.78 is 2.92. The molecule has 0 radical (unpaired) electrons. The van der Waals surface area contributed by atoms with E-state index in [9.17, 15) is 0 Å². The average Bonchev–Trinajstić information content (AvgIpc) is 4.07. The van der Waals surface area contributed by atoms with E-state index in [1.165, 1.54) is 123 Å². The smallest absolute Gasteiger partial charge is 0.0809 e. The van der Waals surface area contributed by atoms with Crippen molar-refractivity contribution in [2.24, 2.45) is 0 Å². The summed E-state index contributed by atoms with van der Waals surface area (Å²) in [4.78, 5) is 0. The minimum Gasteiger partial charge on any atom is -1.00 e. The molecule has 0 heterocycles. The zero-order valence-electron chi connectivity index (χ0n) is 34.0. The fourth-order valence-electron chi connectivity index (χ4n) is 6.00. The third kappa shape index (κ3) is 18.6. The monoisotopic (exact) mass is 930 g/mol. The Balaban J connectivity index is 0.000000334. The second-order valence-electron chi connectivity index (χ2n) is 12.9. The second kappa shape index (κ2) is 30.3. The van der Waals surface area contributed by atoms with Gasteiger partial charge in [0.2, 0.25) is 0 Å². The number of hydrogen-bond acceptors (Lipinski definition) is 0. The van der Waals surface area contributed by atoms with Crippen molar-refractivity contribution < 1.29 is 73.3 Å². The molecule has 0 fully saturated rings. The van der Waals surface area contributed by atoms with Gasteiger partial charge in [0.05, 0.1) is 0 Å². The standard InChI is InChI=1S/2C9H7.2C9H13.2C8H8.2ClH.2Zr/c2*1-2-5-9-7-3-6-8(9)4-1;2*1-3-8-6-5-7-9(8)4-2;2*1-2-8-6-4-3-5-7-8;;;;/h2*1-7H;2*6H,3-5H2,1-2H3;2*3-7H,1H3;2*1H;;/q4*-1;;;;;2*+2/p-2. The van der Waals surface area contributed by atoms with Gasteiger partial charge in [0.15, 0.2) is 0 Å². The first-order valence-corrected chi connectivity index (χ1v) is 21.8. The largest absolute Gasteiger partial charge is 1.00 e. The molecule has 4 heteroatoms. The normalized spacial score (nSPS) is 11.9. The van der Waals surface area contributed by atoms with Gasteiger partial charge in [-0.1, -0.05) is 65.5 Å². The van der Waals surface area contributed by atoms with Gasteiger partial charge in [0.25, 0.3) is 0 Å². The Morgan fingerprint density at radius 2 is 0.821 bits per heavy atom. The van der Waals surface area contributed by atoms with Crippen LogP contribution in [-0.4, -0.2) is 6.41 Å². The summed E-state index contributed by atoms with van der Waals surface area (Å²) in [5.41, 5.74) is 8.65. The number of hydrogen-bond donors (Lipinski definition) is 0. The molecule has 2 aliphatic rings. The van der Waals surface area contributed by atoms with E-state index in [-0.39, 0.29) is 24.8 Å². The van der Waals surface area contributed by atoms with E-state index in [0.29, 0.717) is 0 Å². The van der Waals surface area contributed by atoms with Crippen LogP contribution >= 0.6 is 0 Å². The SMILES string of the molecule is CCC1=[C-]CC=C1CC.CCC1=[C-]CC=C1CC.C[C](=[Zr+2])c1ccccc1.C[C](=[Zr+2])c1ccccc1.[Cl-].[Cl-].c1ccc2[cH-]ccc2c1.c1ccc2[cH-]ccc2c1. The molecule has 2 aliphatic carbocycles. The Morgan fingerprint density at radius 3 is 1.09 bits per heavy atom. The molecule has 0 bridgehead atoms. The topological polar surface area (TPSA) is 0 Å². The van der Waals surface area contributed by atoms with E-state index in [1.54, 1.807) is 0 Å². The molecular formula is C52H56Cl2Zr2-2. The van der Waals surface area contributed by atoms with Crippen LogP contribution in [0.5, 0.6) is 0 Å². The van der Waals surface area contributed by atoms with Gasteiger partial charge in [-0.25, -0.2) is 11.1 Å². The van der Waals surface area contributed by atoms with E-state index >= 15 is 0 Å². The first-order chi connectivity index (χ1) is 26.3. The molecule has 6 aromatic carbocycles. The van der Waals surface area contributed by atoms with Crippen molar-refractivity contribution in [3.63, 3.8) is 0 Å². The van der Waals surface area contributed by atoms with Gasteiger partial charge in [-0.05, 0) is 0 Å². The first kappa shape index (κ1) is 51.2. The molecular weight excluding hydrogens is 878 g/mol. The molecule has 0 atom stereocenters. The third-order valence-electron chi connectivity index (χ3n) is 9.08. The van der Waals surface area contributed by atoms with Crippen LogP contribution in [0.1, 0.15) is 91.2 Å². The van der Waals surface area contributed by atoms with Gasteiger partial charge in [-0.3, -0.25) is 12.2 Å². The average molecular weight is 934 g/mol. The van der Waals surface area contributed by atoms with E-state index in [0.717, 1.165) is 25.7 Å². The molecule has 56 heavy (non-hydrogen) atoms. The van der Waals surface area contributed by atoms with Crippen molar-refractivity contribution in [3.8, 4) is 0 Å². The number of halogens is 2. The van der Waals surface area contributed by atoms with Crippen molar-refractivity contribution in [2.75, 3.05) is 0 Å². The Bertz CT molecular complexity index is 1860. The second-order valence-corrected chi connectivity index (χ2v) is 16.6. The number of benzene rings is 4. The summed E-state index contributed by atoms with van der Waals surface area (Å²) in [5.74, 6) is 0. The molecule has 0 saturated carbocycles. The van der Waals surface area contributed by atoms with E-state index in [4.69, 9.17) is 0 Å².